The molecule has 0 saturated heterocycles. The molecule has 0 aliphatic rings. The summed E-state index contributed by atoms with van der Waals surface area (Å²) in [6, 6.07) is 0. The lowest BCUT2D eigenvalue weighted by Crippen LogP contribution is -2.38. The molecule has 0 aliphatic heterocycles. The molecule has 13 heavy (non-hydrogen) atoms. The van der Waals surface area contributed by atoms with E-state index >= 15 is 0 Å². The van der Waals surface area contributed by atoms with Crippen LogP contribution in [0.4, 0.5) is 0 Å². The monoisotopic (exact) mass is 207 g/mol. The molecule has 0 atom stereocenters. The summed E-state index contributed by atoms with van der Waals surface area (Å²) >= 11 is 0. The van der Waals surface area contributed by atoms with E-state index in [1.54, 1.807) is 0 Å². The average Bonchev–Trinajstić information content (AvgIpc) is 1.82. The number of allylic oxidation sites excluding steroid dienone is 1. The van der Waals surface area contributed by atoms with Crippen LogP contribution in [0.15, 0.2) is 12.2 Å². The molecular weight excluding hydrogens is 198 g/mol. The molecule has 7 heteroatoms. The molecule has 74 valence electrons. The van der Waals surface area contributed by atoms with Crippen molar-refractivity contribution in [1.29, 1.82) is 0 Å². The quantitative estimate of drug-likeness (QED) is 0.497. The van der Waals surface area contributed by atoms with Gasteiger partial charge >= 0.3 is 10.3 Å². The van der Waals surface area contributed by atoms with Gasteiger partial charge in [0.05, 0.1) is 0 Å². The largest absolute Gasteiger partial charge is 0.369 e. The first-order valence-electron chi connectivity index (χ1n) is 3.25. The van der Waals surface area contributed by atoms with E-state index in [9.17, 15) is 18.0 Å². The van der Waals surface area contributed by atoms with Crippen molar-refractivity contribution in [2.24, 2.45) is 0 Å². The highest BCUT2D eigenvalue weighted by Crippen LogP contribution is 2.00. The van der Waals surface area contributed by atoms with Gasteiger partial charge in [-0.2, -0.15) is 8.42 Å². The molecule has 0 spiro atoms. The van der Waals surface area contributed by atoms with Gasteiger partial charge in [-0.15, -0.1) is 4.31 Å². The van der Waals surface area contributed by atoms with E-state index < -0.39 is 22.1 Å². The van der Waals surface area contributed by atoms with Gasteiger partial charge in [-0.25, -0.2) is 0 Å². The summed E-state index contributed by atoms with van der Waals surface area (Å²) in [6.07, 6.45) is 2.11. The Morgan fingerprint density at radius 3 is 2.08 bits per heavy atom. The van der Waals surface area contributed by atoms with Crippen molar-refractivity contribution in [2.45, 2.75) is 13.8 Å². The number of hydrogen-bond acceptors (Lipinski definition) is 4. The van der Waals surface area contributed by atoms with E-state index in [0.717, 1.165) is 13.0 Å². The van der Waals surface area contributed by atoms with Crippen molar-refractivity contribution in [1.82, 2.24) is 4.31 Å². The number of amides is 2. The Kier molecular flexibility index (Phi) is 3.76. The van der Waals surface area contributed by atoms with Gasteiger partial charge in [-0.05, 0) is 6.92 Å². The molecule has 0 rings (SSSR count). The van der Waals surface area contributed by atoms with Crippen molar-refractivity contribution in [3.05, 3.63) is 12.2 Å². The highest BCUT2D eigenvalue weighted by atomic mass is 32.2. The maximum atomic E-state index is 10.9. The van der Waals surface area contributed by atoms with E-state index in [4.69, 9.17) is 4.55 Å². The van der Waals surface area contributed by atoms with Gasteiger partial charge in [-0.1, -0.05) is 6.08 Å². The smallest absolute Gasteiger partial charge is 0.274 e. The molecule has 6 nitrogen and oxygen atoms in total. The molecule has 0 fully saturated rings. The summed E-state index contributed by atoms with van der Waals surface area (Å²) in [5.74, 6) is -2.16. The second-order valence-corrected chi connectivity index (χ2v) is 3.36. The summed E-state index contributed by atoms with van der Waals surface area (Å²) in [5.41, 5.74) is 0. The molecule has 1 N–H and O–H groups in total. The molecule has 0 aromatic carbocycles. The van der Waals surface area contributed by atoms with Gasteiger partial charge in [0.15, 0.2) is 0 Å². The van der Waals surface area contributed by atoms with E-state index in [2.05, 4.69) is 0 Å². The van der Waals surface area contributed by atoms with Crippen molar-refractivity contribution in [3.63, 3.8) is 0 Å². The molecule has 0 aromatic heterocycles. The molecule has 0 heterocycles. The predicted octanol–water partition coefficient (Wildman–Crippen LogP) is -0.260. The zero-order chi connectivity index (χ0) is 10.6. The Morgan fingerprint density at radius 1 is 1.38 bits per heavy atom. The van der Waals surface area contributed by atoms with Gasteiger partial charge < -0.3 is 0 Å². The molecular formula is C6H9NO5S. The van der Waals surface area contributed by atoms with Gasteiger partial charge in [0.2, 0.25) is 5.91 Å². The predicted molar refractivity (Wildman–Crippen MR) is 43.9 cm³/mol. The minimum Gasteiger partial charge on any atom is -0.274 e. The topological polar surface area (TPSA) is 91.8 Å². The molecule has 0 aliphatic carbocycles. The first-order chi connectivity index (χ1) is 5.80. The second kappa shape index (κ2) is 4.15. The Balaban J connectivity index is 5.07. The number of carbonyl (C=O) groups excluding carboxylic acids is 2. The van der Waals surface area contributed by atoms with Gasteiger partial charge in [0, 0.05) is 13.0 Å². The van der Waals surface area contributed by atoms with E-state index in [0.29, 0.717) is 0 Å². The summed E-state index contributed by atoms with van der Waals surface area (Å²) in [4.78, 5) is 21.5. The van der Waals surface area contributed by atoms with Crippen LogP contribution in [0.2, 0.25) is 0 Å². The van der Waals surface area contributed by atoms with Crippen LogP contribution in [0, 0.1) is 0 Å². The van der Waals surface area contributed by atoms with Crippen LogP contribution in [0.25, 0.3) is 0 Å². The molecule has 0 radical (unpaired) electrons. The fraction of sp³-hybridized carbons (Fsp3) is 0.333. The molecule has 0 aromatic rings. The third kappa shape index (κ3) is 3.34. The number of hydrogen-bond donors (Lipinski definition) is 1. The Morgan fingerprint density at radius 2 is 1.85 bits per heavy atom. The normalized spacial score (nSPS) is 11.6. The highest BCUT2D eigenvalue weighted by Gasteiger charge is 2.27. The third-order valence-corrected chi connectivity index (χ3v) is 1.92. The van der Waals surface area contributed by atoms with Crippen molar-refractivity contribution in [3.8, 4) is 0 Å². The summed E-state index contributed by atoms with van der Waals surface area (Å²) < 4.78 is 29.2. The number of carbonyl (C=O) groups is 2. The SMILES string of the molecule is CC=CC(=O)N(C(C)=O)S(=O)(=O)O. The zero-order valence-electron chi connectivity index (χ0n) is 7.09. The van der Waals surface area contributed by atoms with Crippen LogP contribution in [-0.2, 0) is 19.9 Å². The minimum atomic E-state index is -4.80. The van der Waals surface area contributed by atoms with Crippen molar-refractivity contribution < 1.29 is 22.6 Å². The van der Waals surface area contributed by atoms with Gasteiger partial charge in [-0.3, -0.25) is 14.1 Å². The summed E-state index contributed by atoms with van der Waals surface area (Å²) in [7, 11) is -4.80. The maximum absolute atomic E-state index is 10.9. The first-order valence-corrected chi connectivity index (χ1v) is 4.65. The van der Waals surface area contributed by atoms with Crippen LogP contribution in [0.5, 0.6) is 0 Å². The fourth-order valence-electron chi connectivity index (χ4n) is 0.642. The molecule has 2 amide bonds. The lowest BCUT2D eigenvalue weighted by Gasteiger charge is -2.11. The van der Waals surface area contributed by atoms with Crippen molar-refractivity contribution in [2.75, 3.05) is 0 Å². The third-order valence-electron chi connectivity index (χ3n) is 1.03. The molecule has 0 bridgehead atoms. The lowest BCUT2D eigenvalue weighted by atomic mass is 10.5. The average molecular weight is 207 g/mol. The minimum absolute atomic E-state index is 0.229. The Hall–Kier alpha value is -1.21. The zero-order valence-corrected chi connectivity index (χ0v) is 7.91. The van der Waals surface area contributed by atoms with Gasteiger partial charge in [0.25, 0.3) is 5.91 Å². The Labute approximate surface area is 75.7 Å². The molecule has 0 saturated carbocycles. The van der Waals surface area contributed by atoms with Crippen molar-refractivity contribution >= 4 is 22.1 Å². The second-order valence-electron chi connectivity index (χ2n) is 2.10. The fourth-order valence-corrected chi connectivity index (χ4v) is 1.25. The van der Waals surface area contributed by atoms with Crippen LogP contribution < -0.4 is 0 Å². The maximum Gasteiger partial charge on any atom is 0.369 e. The van der Waals surface area contributed by atoms with Crippen LogP contribution in [0.1, 0.15) is 13.8 Å². The number of nitrogens with zero attached hydrogens (tertiary/aromatic N) is 1. The van der Waals surface area contributed by atoms with Crippen LogP contribution in [0.3, 0.4) is 0 Å². The van der Waals surface area contributed by atoms with Crippen LogP contribution in [-0.4, -0.2) is 29.1 Å². The van der Waals surface area contributed by atoms with E-state index in [-0.39, 0.29) is 4.31 Å². The summed E-state index contributed by atoms with van der Waals surface area (Å²) in [6.45, 7) is 2.33. The molecule has 0 unspecified atom stereocenters. The lowest BCUT2D eigenvalue weighted by molar-refractivity contribution is -0.134. The van der Waals surface area contributed by atoms with E-state index in [1.807, 2.05) is 0 Å². The summed E-state index contributed by atoms with van der Waals surface area (Å²) in [5, 5.41) is 0. The highest BCUT2D eigenvalue weighted by molar-refractivity contribution is 7.84. The first kappa shape index (κ1) is 11.8. The van der Waals surface area contributed by atoms with Gasteiger partial charge in [0.1, 0.15) is 0 Å². The Bertz CT molecular complexity index is 342. The van der Waals surface area contributed by atoms with E-state index in [1.165, 1.54) is 13.0 Å². The number of rotatable bonds is 2. The van der Waals surface area contributed by atoms with Crippen LogP contribution >= 0.6 is 0 Å². The number of imide groups is 1. The standard InChI is InChI=1S/C6H9NO5S/c1-3-4-6(9)7(5(2)8)13(10,11)12/h3-4H,1-2H3,(H,10,11,12).